The van der Waals surface area contributed by atoms with Crippen LogP contribution in [0.25, 0.3) is 0 Å². The molecule has 0 amide bonds. The van der Waals surface area contributed by atoms with Crippen LogP contribution in [0.2, 0.25) is 0 Å². The first-order chi connectivity index (χ1) is 7.06. The molecule has 1 fully saturated rings. The van der Waals surface area contributed by atoms with Crippen LogP contribution in [-0.4, -0.2) is 47.6 Å². The second-order valence-corrected chi connectivity index (χ2v) is 5.31. The maximum absolute atomic E-state index is 2.66. The van der Waals surface area contributed by atoms with Gasteiger partial charge in [-0.2, -0.15) is 0 Å². The SMILES string of the molecule is CCCC(C)N1CCN(C(C)C)C(C)C1. The van der Waals surface area contributed by atoms with Crippen LogP contribution in [0.3, 0.4) is 0 Å². The molecule has 0 saturated carbocycles. The monoisotopic (exact) mass is 212 g/mol. The molecule has 1 rings (SSSR count). The van der Waals surface area contributed by atoms with Crippen molar-refractivity contribution in [3.63, 3.8) is 0 Å². The van der Waals surface area contributed by atoms with Crippen molar-refractivity contribution in [2.75, 3.05) is 19.6 Å². The second kappa shape index (κ2) is 5.86. The molecule has 2 heteroatoms. The van der Waals surface area contributed by atoms with Crippen LogP contribution in [0.5, 0.6) is 0 Å². The van der Waals surface area contributed by atoms with E-state index in [1.165, 1.54) is 32.5 Å². The van der Waals surface area contributed by atoms with E-state index in [0.29, 0.717) is 6.04 Å². The molecule has 0 aliphatic carbocycles. The maximum Gasteiger partial charge on any atom is 0.0198 e. The Morgan fingerprint density at radius 3 is 2.33 bits per heavy atom. The molecule has 0 radical (unpaired) electrons. The van der Waals surface area contributed by atoms with Crippen molar-refractivity contribution in [1.82, 2.24) is 9.80 Å². The minimum absolute atomic E-state index is 0.698. The smallest absolute Gasteiger partial charge is 0.0198 e. The van der Waals surface area contributed by atoms with Crippen LogP contribution in [-0.2, 0) is 0 Å². The van der Waals surface area contributed by atoms with Crippen LogP contribution >= 0.6 is 0 Å². The summed E-state index contributed by atoms with van der Waals surface area (Å²) in [5.74, 6) is 0. The summed E-state index contributed by atoms with van der Waals surface area (Å²) in [6.45, 7) is 15.4. The van der Waals surface area contributed by atoms with E-state index in [1.54, 1.807) is 0 Å². The highest BCUT2D eigenvalue weighted by molar-refractivity contribution is 4.83. The summed E-state index contributed by atoms with van der Waals surface area (Å²) in [4.78, 5) is 5.28. The van der Waals surface area contributed by atoms with Crippen molar-refractivity contribution in [2.24, 2.45) is 0 Å². The number of nitrogens with zero attached hydrogens (tertiary/aromatic N) is 2. The molecule has 90 valence electrons. The quantitative estimate of drug-likeness (QED) is 0.707. The van der Waals surface area contributed by atoms with E-state index in [0.717, 1.165) is 12.1 Å². The lowest BCUT2D eigenvalue weighted by Crippen LogP contribution is -2.56. The molecule has 2 unspecified atom stereocenters. The summed E-state index contributed by atoms with van der Waals surface area (Å²) >= 11 is 0. The fourth-order valence-corrected chi connectivity index (χ4v) is 2.77. The average Bonchev–Trinajstić information content (AvgIpc) is 2.17. The number of piperazine rings is 1. The van der Waals surface area contributed by atoms with Crippen molar-refractivity contribution < 1.29 is 0 Å². The van der Waals surface area contributed by atoms with Crippen molar-refractivity contribution in [3.8, 4) is 0 Å². The Morgan fingerprint density at radius 2 is 1.87 bits per heavy atom. The predicted octanol–water partition coefficient (Wildman–Crippen LogP) is 2.59. The molecule has 1 aliphatic heterocycles. The van der Waals surface area contributed by atoms with E-state index in [2.05, 4.69) is 44.4 Å². The molecule has 2 atom stereocenters. The first-order valence-corrected chi connectivity index (χ1v) is 6.56. The standard InChI is InChI=1S/C13H28N2/c1-6-7-12(4)14-8-9-15(11(2)3)13(5)10-14/h11-13H,6-10H2,1-5H3. The fraction of sp³-hybridized carbons (Fsp3) is 1.00. The molecule has 0 aromatic heterocycles. The lowest BCUT2D eigenvalue weighted by Gasteiger charge is -2.44. The minimum atomic E-state index is 0.698. The fourth-order valence-electron chi connectivity index (χ4n) is 2.77. The zero-order valence-corrected chi connectivity index (χ0v) is 11.2. The predicted molar refractivity (Wildman–Crippen MR) is 67.2 cm³/mol. The summed E-state index contributed by atoms with van der Waals surface area (Å²) in [5.41, 5.74) is 0. The summed E-state index contributed by atoms with van der Waals surface area (Å²) < 4.78 is 0. The maximum atomic E-state index is 2.66. The molecule has 1 saturated heterocycles. The van der Waals surface area contributed by atoms with E-state index in [1.807, 2.05) is 0 Å². The van der Waals surface area contributed by atoms with E-state index in [4.69, 9.17) is 0 Å². The van der Waals surface area contributed by atoms with E-state index in [9.17, 15) is 0 Å². The molecule has 0 spiro atoms. The van der Waals surface area contributed by atoms with Crippen LogP contribution in [0.1, 0.15) is 47.5 Å². The van der Waals surface area contributed by atoms with Crippen LogP contribution in [0.4, 0.5) is 0 Å². The highest BCUT2D eigenvalue weighted by Crippen LogP contribution is 2.16. The Balaban J connectivity index is 2.43. The van der Waals surface area contributed by atoms with Gasteiger partial charge in [-0.05, 0) is 34.1 Å². The first-order valence-electron chi connectivity index (χ1n) is 6.56. The van der Waals surface area contributed by atoms with Gasteiger partial charge >= 0.3 is 0 Å². The third-order valence-electron chi connectivity index (χ3n) is 3.70. The zero-order chi connectivity index (χ0) is 11.4. The molecule has 1 heterocycles. The van der Waals surface area contributed by atoms with Gasteiger partial charge in [0.15, 0.2) is 0 Å². The number of rotatable bonds is 4. The molecular formula is C13H28N2. The van der Waals surface area contributed by atoms with Gasteiger partial charge in [0.05, 0.1) is 0 Å². The summed E-state index contributed by atoms with van der Waals surface area (Å²) in [6.07, 6.45) is 2.65. The summed E-state index contributed by atoms with van der Waals surface area (Å²) in [5, 5.41) is 0. The lowest BCUT2D eigenvalue weighted by molar-refractivity contribution is 0.0387. The second-order valence-electron chi connectivity index (χ2n) is 5.31. The Morgan fingerprint density at radius 1 is 1.20 bits per heavy atom. The minimum Gasteiger partial charge on any atom is -0.298 e. The molecule has 2 nitrogen and oxygen atoms in total. The Kier molecular flexibility index (Phi) is 5.07. The van der Waals surface area contributed by atoms with Gasteiger partial charge in [0.2, 0.25) is 0 Å². The topological polar surface area (TPSA) is 6.48 Å². The number of hydrogen-bond donors (Lipinski definition) is 0. The Labute approximate surface area is 95.6 Å². The normalized spacial score (nSPS) is 27.2. The summed E-state index contributed by atoms with van der Waals surface area (Å²) in [6, 6.07) is 2.19. The van der Waals surface area contributed by atoms with Crippen molar-refractivity contribution in [3.05, 3.63) is 0 Å². The van der Waals surface area contributed by atoms with Gasteiger partial charge in [-0.3, -0.25) is 9.80 Å². The van der Waals surface area contributed by atoms with Crippen LogP contribution in [0, 0.1) is 0 Å². The van der Waals surface area contributed by atoms with E-state index >= 15 is 0 Å². The highest BCUT2D eigenvalue weighted by Gasteiger charge is 2.27. The highest BCUT2D eigenvalue weighted by atomic mass is 15.3. The van der Waals surface area contributed by atoms with E-state index < -0.39 is 0 Å². The summed E-state index contributed by atoms with van der Waals surface area (Å²) in [7, 11) is 0. The number of hydrogen-bond acceptors (Lipinski definition) is 2. The molecule has 0 N–H and O–H groups in total. The zero-order valence-electron chi connectivity index (χ0n) is 11.2. The third kappa shape index (κ3) is 3.46. The molecular weight excluding hydrogens is 184 g/mol. The van der Waals surface area contributed by atoms with Gasteiger partial charge in [-0.25, -0.2) is 0 Å². The Hall–Kier alpha value is -0.0800. The van der Waals surface area contributed by atoms with Gasteiger partial charge in [0.25, 0.3) is 0 Å². The third-order valence-corrected chi connectivity index (χ3v) is 3.70. The molecule has 0 aromatic rings. The van der Waals surface area contributed by atoms with Gasteiger partial charge in [0, 0.05) is 37.8 Å². The Bertz CT molecular complexity index is 179. The molecule has 15 heavy (non-hydrogen) atoms. The van der Waals surface area contributed by atoms with Crippen molar-refractivity contribution in [1.29, 1.82) is 0 Å². The molecule has 1 aliphatic rings. The average molecular weight is 212 g/mol. The first kappa shape index (κ1) is 13.0. The van der Waals surface area contributed by atoms with E-state index in [-0.39, 0.29) is 0 Å². The van der Waals surface area contributed by atoms with Crippen LogP contribution < -0.4 is 0 Å². The van der Waals surface area contributed by atoms with Crippen molar-refractivity contribution in [2.45, 2.75) is 65.6 Å². The molecule has 0 bridgehead atoms. The van der Waals surface area contributed by atoms with Gasteiger partial charge in [-0.1, -0.05) is 13.3 Å². The molecule has 0 aromatic carbocycles. The van der Waals surface area contributed by atoms with Gasteiger partial charge < -0.3 is 0 Å². The van der Waals surface area contributed by atoms with Crippen LogP contribution in [0.15, 0.2) is 0 Å². The van der Waals surface area contributed by atoms with Gasteiger partial charge in [0.1, 0.15) is 0 Å². The van der Waals surface area contributed by atoms with Gasteiger partial charge in [-0.15, -0.1) is 0 Å². The van der Waals surface area contributed by atoms with Crippen molar-refractivity contribution >= 4 is 0 Å². The lowest BCUT2D eigenvalue weighted by atomic mass is 10.1. The largest absolute Gasteiger partial charge is 0.298 e.